The second kappa shape index (κ2) is 5.09. The Morgan fingerprint density at radius 2 is 1.80 bits per heavy atom. The molecule has 1 aromatic rings. The molecule has 0 atom stereocenters. The zero-order valence-electron chi connectivity index (χ0n) is 8.60. The van der Waals surface area contributed by atoms with Gasteiger partial charge in [0.2, 0.25) is 0 Å². The smallest absolute Gasteiger partial charge is 0.0638 e. The van der Waals surface area contributed by atoms with Crippen LogP contribution in [-0.4, -0.2) is 6.04 Å². The Balaban J connectivity index is 2.05. The van der Waals surface area contributed by atoms with Gasteiger partial charge in [0.15, 0.2) is 0 Å². The molecule has 1 aliphatic rings. The van der Waals surface area contributed by atoms with Crippen molar-refractivity contribution in [3.8, 4) is 0 Å². The average Bonchev–Trinajstić information content (AvgIpc) is 2.25. The van der Waals surface area contributed by atoms with Crippen LogP contribution in [0, 0.1) is 0 Å². The minimum Gasteiger partial charge on any atom is -0.381 e. The topological polar surface area (TPSA) is 12.0 Å². The van der Waals surface area contributed by atoms with Crippen molar-refractivity contribution in [3.63, 3.8) is 0 Å². The van der Waals surface area contributed by atoms with Gasteiger partial charge in [-0.15, -0.1) is 0 Å². The Labute approximate surface area is 101 Å². The molecule has 0 aromatic heterocycles. The van der Waals surface area contributed by atoms with Gasteiger partial charge in [0.05, 0.1) is 10.7 Å². The van der Waals surface area contributed by atoms with Crippen molar-refractivity contribution in [3.05, 3.63) is 28.2 Å². The molecule has 1 saturated carbocycles. The Morgan fingerprint density at radius 3 is 2.53 bits per heavy atom. The van der Waals surface area contributed by atoms with Crippen molar-refractivity contribution in [1.29, 1.82) is 0 Å². The maximum absolute atomic E-state index is 6.09. The zero-order valence-corrected chi connectivity index (χ0v) is 10.1. The molecule has 0 radical (unpaired) electrons. The molecule has 0 spiro atoms. The van der Waals surface area contributed by atoms with Gasteiger partial charge in [-0.2, -0.15) is 0 Å². The van der Waals surface area contributed by atoms with Crippen LogP contribution >= 0.6 is 23.2 Å². The molecule has 0 aliphatic heterocycles. The fourth-order valence-electron chi connectivity index (χ4n) is 2.07. The van der Waals surface area contributed by atoms with E-state index in [-0.39, 0.29) is 0 Å². The number of halogens is 2. The van der Waals surface area contributed by atoms with Crippen LogP contribution in [0.3, 0.4) is 0 Å². The van der Waals surface area contributed by atoms with Gasteiger partial charge in [0.25, 0.3) is 0 Å². The minimum atomic E-state index is 0.565. The highest BCUT2D eigenvalue weighted by Crippen LogP contribution is 2.28. The zero-order chi connectivity index (χ0) is 10.7. The number of nitrogens with one attached hydrogen (secondary N) is 1. The number of hydrogen-bond donors (Lipinski definition) is 1. The van der Waals surface area contributed by atoms with E-state index in [9.17, 15) is 0 Å². The van der Waals surface area contributed by atoms with Crippen LogP contribution in [0.5, 0.6) is 0 Å². The Morgan fingerprint density at radius 1 is 1.07 bits per heavy atom. The number of rotatable bonds is 2. The summed E-state index contributed by atoms with van der Waals surface area (Å²) in [5.74, 6) is 0. The van der Waals surface area contributed by atoms with Crippen molar-refractivity contribution < 1.29 is 0 Å². The summed E-state index contributed by atoms with van der Waals surface area (Å²) in [5.41, 5.74) is 0.969. The highest BCUT2D eigenvalue weighted by atomic mass is 35.5. The summed E-state index contributed by atoms with van der Waals surface area (Å²) in [6.07, 6.45) is 6.47. The van der Waals surface area contributed by atoms with Crippen molar-refractivity contribution in [1.82, 2.24) is 0 Å². The molecule has 0 heterocycles. The van der Waals surface area contributed by atoms with Gasteiger partial charge < -0.3 is 5.32 Å². The summed E-state index contributed by atoms with van der Waals surface area (Å²) >= 11 is 12.0. The van der Waals surface area contributed by atoms with E-state index in [0.29, 0.717) is 6.04 Å². The van der Waals surface area contributed by atoms with Crippen LogP contribution in [0.2, 0.25) is 10.0 Å². The molecule has 0 unspecified atom stereocenters. The number of hydrogen-bond acceptors (Lipinski definition) is 1. The molecular formula is C12H15Cl2N. The molecule has 15 heavy (non-hydrogen) atoms. The molecule has 0 amide bonds. The van der Waals surface area contributed by atoms with Crippen molar-refractivity contribution >= 4 is 28.9 Å². The molecular weight excluding hydrogens is 229 g/mol. The van der Waals surface area contributed by atoms with E-state index in [4.69, 9.17) is 23.2 Å². The molecule has 1 aliphatic carbocycles. The summed E-state index contributed by atoms with van der Waals surface area (Å²) in [6, 6.07) is 6.12. The molecule has 3 heteroatoms. The summed E-state index contributed by atoms with van der Waals surface area (Å²) in [6.45, 7) is 0. The summed E-state index contributed by atoms with van der Waals surface area (Å²) in [4.78, 5) is 0. The van der Waals surface area contributed by atoms with Gasteiger partial charge >= 0.3 is 0 Å². The third kappa shape index (κ3) is 3.02. The van der Waals surface area contributed by atoms with Crippen LogP contribution in [0.15, 0.2) is 18.2 Å². The third-order valence-corrected chi connectivity index (χ3v) is 3.46. The first kappa shape index (κ1) is 11.1. The lowest BCUT2D eigenvalue weighted by molar-refractivity contribution is 0.463. The monoisotopic (exact) mass is 243 g/mol. The minimum absolute atomic E-state index is 0.565. The maximum Gasteiger partial charge on any atom is 0.0638 e. The second-order valence-corrected chi connectivity index (χ2v) is 4.95. The predicted molar refractivity (Wildman–Crippen MR) is 67.0 cm³/mol. The molecule has 82 valence electrons. The van der Waals surface area contributed by atoms with E-state index < -0.39 is 0 Å². The quantitative estimate of drug-likeness (QED) is 0.792. The molecule has 1 nitrogen and oxygen atoms in total. The van der Waals surface area contributed by atoms with Crippen molar-refractivity contribution in [2.75, 3.05) is 5.32 Å². The van der Waals surface area contributed by atoms with Gasteiger partial charge in [-0.05, 0) is 31.0 Å². The predicted octanol–water partition coefficient (Wildman–Crippen LogP) is 4.74. The lowest BCUT2D eigenvalue weighted by atomic mass is 9.95. The normalized spacial score (nSPS) is 17.7. The summed E-state index contributed by atoms with van der Waals surface area (Å²) < 4.78 is 0. The van der Waals surface area contributed by atoms with Gasteiger partial charge in [0, 0.05) is 11.1 Å². The first-order valence-electron chi connectivity index (χ1n) is 5.47. The molecule has 1 fully saturated rings. The van der Waals surface area contributed by atoms with Crippen LogP contribution in [0.25, 0.3) is 0 Å². The largest absolute Gasteiger partial charge is 0.381 e. The molecule has 1 aromatic carbocycles. The standard InChI is InChI=1S/C12H15Cl2N/c13-9-6-7-11(14)12(8-9)15-10-4-2-1-3-5-10/h6-8,10,15H,1-5H2. The first-order chi connectivity index (χ1) is 7.25. The Bertz CT molecular complexity index is 332. The lowest BCUT2D eigenvalue weighted by Gasteiger charge is -2.24. The first-order valence-corrected chi connectivity index (χ1v) is 6.23. The van der Waals surface area contributed by atoms with Crippen molar-refractivity contribution in [2.45, 2.75) is 38.1 Å². The summed E-state index contributed by atoms with van der Waals surface area (Å²) in [5, 5.41) is 4.96. The van der Waals surface area contributed by atoms with Crippen molar-refractivity contribution in [2.24, 2.45) is 0 Å². The number of benzene rings is 1. The molecule has 1 N–H and O–H groups in total. The van der Waals surface area contributed by atoms with E-state index in [2.05, 4.69) is 5.32 Å². The molecule has 0 saturated heterocycles. The van der Waals surface area contributed by atoms with E-state index in [1.165, 1.54) is 32.1 Å². The molecule has 0 bridgehead atoms. The lowest BCUT2D eigenvalue weighted by Crippen LogP contribution is -2.22. The Kier molecular flexibility index (Phi) is 3.76. The van der Waals surface area contributed by atoms with Crippen LogP contribution < -0.4 is 5.32 Å². The Hall–Kier alpha value is -0.400. The van der Waals surface area contributed by atoms with Crippen LogP contribution in [0.1, 0.15) is 32.1 Å². The SMILES string of the molecule is Clc1ccc(Cl)c(NC2CCCCC2)c1. The van der Waals surface area contributed by atoms with E-state index in [0.717, 1.165) is 15.7 Å². The van der Waals surface area contributed by atoms with Gasteiger partial charge in [0.1, 0.15) is 0 Å². The maximum atomic E-state index is 6.09. The van der Waals surface area contributed by atoms with Gasteiger partial charge in [-0.25, -0.2) is 0 Å². The highest BCUT2D eigenvalue weighted by Gasteiger charge is 2.14. The fourth-order valence-corrected chi connectivity index (χ4v) is 2.42. The van der Waals surface area contributed by atoms with Crippen LogP contribution in [-0.2, 0) is 0 Å². The van der Waals surface area contributed by atoms with Gasteiger partial charge in [-0.3, -0.25) is 0 Å². The van der Waals surface area contributed by atoms with E-state index >= 15 is 0 Å². The fraction of sp³-hybridized carbons (Fsp3) is 0.500. The summed E-state index contributed by atoms with van der Waals surface area (Å²) in [7, 11) is 0. The number of anilines is 1. The average molecular weight is 244 g/mol. The van der Waals surface area contributed by atoms with Gasteiger partial charge in [-0.1, -0.05) is 42.5 Å². The molecule has 2 rings (SSSR count). The van der Waals surface area contributed by atoms with E-state index in [1.807, 2.05) is 18.2 Å². The van der Waals surface area contributed by atoms with E-state index in [1.54, 1.807) is 0 Å². The van der Waals surface area contributed by atoms with Crippen LogP contribution in [0.4, 0.5) is 5.69 Å². The second-order valence-electron chi connectivity index (χ2n) is 4.10. The third-order valence-electron chi connectivity index (χ3n) is 2.89. The highest BCUT2D eigenvalue weighted by molar-refractivity contribution is 6.35.